The maximum Gasteiger partial charge on any atom is 0.259 e. The third kappa shape index (κ3) is 3.53. The molecule has 0 saturated carbocycles. The lowest BCUT2D eigenvalue weighted by Crippen LogP contribution is -2.61. The van der Waals surface area contributed by atoms with E-state index < -0.39 is 11.7 Å². The Kier molecular flexibility index (Phi) is 4.92. The van der Waals surface area contributed by atoms with Crippen molar-refractivity contribution in [2.24, 2.45) is 0 Å². The molecule has 0 aromatic heterocycles. The molecule has 5 nitrogen and oxygen atoms in total. The first-order valence-corrected chi connectivity index (χ1v) is 8.63. The molecule has 1 aliphatic rings. The normalized spacial score (nSPS) is 19.9. The molecule has 1 amide bonds. The number of ether oxygens (including phenoxy) is 3. The molecular formula is C21H25NO4. The molecule has 2 atom stereocenters. The summed E-state index contributed by atoms with van der Waals surface area (Å²) >= 11 is 0. The van der Waals surface area contributed by atoms with Crippen LogP contribution in [0.4, 0.5) is 5.69 Å². The summed E-state index contributed by atoms with van der Waals surface area (Å²) in [6.45, 7) is 5.88. The molecule has 2 aromatic rings. The van der Waals surface area contributed by atoms with Gasteiger partial charge in [0.15, 0.2) is 6.10 Å². The first-order valence-electron chi connectivity index (χ1n) is 8.63. The smallest absolute Gasteiger partial charge is 0.259 e. The van der Waals surface area contributed by atoms with Crippen molar-refractivity contribution in [3.8, 4) is 11.5 Å². The van der Waals surface area contributed by atoms with E-state index in [4.69, 9.17) is 14.2 Å². The predicted octanol–water partition coefficient (Wildman–Crippen LogP) is 3.98. The van der Waals surface area contributed by atoms with Crippen molar-refractivity contribution < 1.29 is 19.0 Å². The highest BCUT2D eigenvalue weighted by Gasteiger charge is 2.51. The van der Waals surface area contributed by atoms with Gasteiger partial charge in [0.25, 0.3) is 5.91 Å². The van der Waals surface area contributed by atoms with Gasteiger partial charge in [-0.1, -0.05) is 12.1 Å². The van der Waals surface area contributed by atoms with Crippen LogP contribution < -0.4 is 14.4 Å². The summed E-state index contributed by atoms with van der Waals surface area (Å²) in [4.78, 5) is 14.6. The average molecular weight is 355 g/mol. The zero-order chi connectivity index (χ0) is 18.9. The Morgan fingerprint density at radius 3 is 1.81 bits per heavy atom. The minimum Gasteiger partial charge on any atom is -0.497 e. The molecule has 0 N–H and O–H groups in total. The summed E-state index contributed by atoms with van der Waals surface area (Å²) in [5.41, 5.74) is 1.43. The molecule has 1 saturated heterocycles. The van der Waals surface area contributed by atoms with Gasteiger partial charge >= 0.3 is 0 Å². The molecule has 5 heteroatoms. The number of β-lactam (4-membered cyclic amide) rings is 1. The van der Waals surface area contributed by atoms with Crippen LogP contribution in [0.1, 0.15) is 32.4 Å². The van der Waals surface area contributed by atoms with Crippen molar-refractivity contribution in [3.63, 3.8) is 0 Å². The Bertz CT molecular complexity index is 762. The van der Waals surface area contributed by atoms with E-state index in [0.29, 0.717) is 0 Å². The molecule has 0 spiro atoms. The molecule has 26 heavy (non-hydrogen) atoms. The van der Waals surface area contributed by atoms with Gasteiger partial charge in [-0.2, -0.15) is 0 Å². The summed E-state index contributed by atoms with van der Waals surface area (Å²) in [5, 5.41) is 0. The van der Waals surface area contributed by atoms with Gasteiger partial charge in [-0.3, -0.25) is 9.69 Å². The third-order valence-corrected chi connectivity index (χ3v) is 4.33. The molecule has 0 radical (unpaired) electrons. The second-order valence-corrected chi connectivity index (χ2v) is 7.28. The van der Waals surface area contributed by atoms with Gasteiger partial charge in [-0.05, 0) is 62.7 Å². The van der Waals surface area contributed by atoms with Crippen LogP contribution in [0.25, 0.3) is 0 Å². The minimum absolute atomic E-state index is 0.0362. The molecule has 138 valence electrons. The average Bonchev–Trinajstić information content (AvgIpc) is 2.63. The summed E-state index contributed by atoms with van der Waals surface area (Å²) in [6, 6.07) is 15.1. The van der Waals surface area contributed by atoms with Gasteiger partial charge in [0.1, 0.15) is 11.5 Å². The summed E-state index contributed by atoms with van der Waals surface area (Å²) in [7, 11) is 3.26. The van der Waals surface area contributed by atoms with Crippen molar-refractivity contribution in [2.75, 3.05) is 19.1 Å². The van der Waals surface area contributed by atoms with Gasteiger partial charge < -0.3 is 14.2 Å². The highest BCUT2D eigenvalue weighted by molar-refractivity contribution is 6.05. The lowest BCUT2D eigenvalue weighted by molar-refractivity contribution is -0.156. The molecule has 1 fully saturated rings. The Labute approximate surface area is 154 Å². The predicted molar refractivity (Wildman–Crippen MR) is 101 cm³/mol. The number of benzene rings is 2. The molecule has 0 unspecified atom stereocenters. The van der Waals surface area contributed by atoms with Gasteiger partial charge in [0.05, 0.1) is 25.9 Å². The van der Waals surface area contributed by atoms with E-state index in [0.717, 1.165) is 22.7 Å². The van der Waals surface area contributed by atoms with Gasteiger partial charge in [0, 0.05) is 5.69 Å². The van der Waals surface area contributed by atoms with Crippen LogP contribution in [-0.2, 0) is 9.53 Å². The summed E-state index contributed by atoms with van der Waals surface area (Å²) < 4.78 is 16.5. The monoisotopic (exact) mass is 355 g/mol. The van der Waals surface area contributed by atoms with E-state index in [1.54, 1.807) is 19.1 Å². The van der Waals surface area contributed by atoms with E-state index >= 15 is 0 Å². The fourth-order valence-electron chi connectivity index (χ4n) is 3.11. The van der Waals surface area contributed by atoms with Crippen LogP contribution in [0.2, 0.25) is 0 Å². The van der Waals surface area contributed by atoms with Crippen molar-refractivity contribution in [1.82, 2.24) is 0 Å². The molecule has 0 aliphatic carbocycles. The van der Waals surface area contributed by atoms with Crippen LogP contribution in [0.5, 0.6) is 11.5 Å². The van der Waals surface area contributed by atoms with Crippen LogP contribution in [0.3, 0.4) is 0 Å². The van der Waals surface area contributed by atoms with Crippen molar-refractivity contribution in [1.29, 1.82) is 0 Å². The van der Waals surface area contributed by atoms with Gasteiger partial charge in [-0.15, -0.1) is 0 Å². The van der Waals surface area contributed by atoms with Crippen molar-refractivity contribution >= 4 is 11.6 Å². The van der Waals surface area contributed by atoms with E-state index in [2.05, 4.69) is 0 Å². The SMILES string of the molecule is COc1ccc([C@@H]2[C@H](OC(C)(C)C)C(=O)N2c2ccc(OC)cc2)cc1. The number of carbonyl (C=O) groups excluding carboxylic acids is 1. The summed E-state index contributed by atoms with van der Waals surface area (Å²) in [5.74, 6) is 1.50. The topological polar surface area (TPSA) is 48.0 Å². The van der Waals surface area contributed by atoms with Gasteiger partial charge in [-0.25, -0.2) is 0 Å². The second kappa shape index (κ2) is 7.00. The van der Waals surface area contributed by atoms with Gasteiger partial charge in [0.2, 0.25) is 0 Å². The molecule has 1 aliphatic heterocycles. The van der Waals surface area contributed by atoms with Crippen LogP contribution >= 0.6 is 0 Å². The maximum atomic E-state index is 12.8. The minimum atomic E-state index is -0.509. The van der Waals surface area contributed by atoms with Crippen LogP contribution in [-0.4, -0.2) is 31.8 Å². The second-order valence-electron chi connectivity index (χ2n) is 7.28. The van der Waals surface area contributed by atoms with E-state index in [1.807, 2.05) is 69.3 Å². The Balaban J connectivity index is 1.94. The largest absolute Gasteiger partial charge is 0.497 e. The van der Waals surface area contributed by atoms with Crippen LogP contribution in [0.15, 0.2) is 48.5 Å². The quantitative estimate of drug-likeness (QED) is 0.762. The lowest BCUT2D eigenvalue weighted by Gasteiger charge is -2.48. The molecule has 3 rings (SSSR count). The fraction of sp³-hybridized carbons (Fsp3) is 0.381. The number of anilines is 1. The first kappa shape index (κ1) is 18.3. The maximum absolute atomic E-state index is 12.8. The highest BCUT2D eigenvalue weighted by atomic mass is 16.5. The number of carbonyl (C=O) groups is 1. The zero-order valence-electron chi connectivity index (χ0n) is 15.9. The van der Waals surface area contributed by atoms with E-state index in [9.17, 15) is 4.79 Å². The molecule has 1 heterocycles. The number of amides is 1. The zero-order valence-corrected chi connectivity index (χ0v) is 15.9. The van der Waals surface area contributed by atoms with E-state index in [1.165, 1.54) is 0 Å². The third-order valence-electron chi connectivity index (χ3n) is 4.33. The first-order chi connectivity index (χ1) is 12.3. The highest BCUT2D eigenvalue weighted by Crippen LogP contribution is 2.43. The lowest BCUT2D eigenvalue weighted by atomic mass is 9.89. The van der Waals surface area contributed by atoms with Crippen molar-refractivity contribution in [3.05, 3.63) is 54.1 Å². The number of hydrogen-bond donors (Lipinski definition) is 0. The Morgan fingerprint density at radius 2 is 1.35 bits per heavy atom. The number of methoxy groups -OCH3 is 2. The van der Waals surface area contributed by atoms with Crippen molar-refractivity contribution in [2.45, 2.75) is 38.5 Å². The number of nitrogens with zero attached hydrogens (tertiary/aromatic N) is 1. The Hall–Kier alpha value is -2.53. The number of hydrogen-bond acceptors (Lipinski definition) is 4. The standard InChI is InChI=1S/C21H25NO4/c1-21(2,3)26-19-18(14-6-10-16(24-4)11-7-14)22(20(19)23)15-8-12-17(25-5)13-9-15/h6-13,18-19H,1-5H3/t18-,19+/m1/s1. The molecule has 0 bridgehead atoms. The summed E-state index contributed by atoms with van der Waals surface area (Å²) in [6.07, 6.45) is -0.509. The molecular weight excluding hydrogens is 330 g/mol. The number of rotatable bonds is 5. The fourth-order valence-corrected chi connectivity index (χ4v) is 3.11. The molecule has 2 aromatic carbocycles. The Morgan fingerprint density at radius 1 is 0.846 bits per heavy atom. The van der Waals surface area contributed by atoms with E-state index in [-0.39, 0.29) is 11.9 Å². The van der Waals surface area contributed by atoms with Crippen LogP contribution in [0, 0.1) is 0 Å².